The molecule has 2 unspecified atom stereocenters. The summed E-state index contributed by atoms with van der Waals surface area (Å²) in [5, 5.41) is 17.1. The quantitative estimate of drug-likeness (QED) is 0.783. The molecule has 0 aliphatic carbocycles. The van der Waals surface area contributed by atoms with Crippen LogP contribution in [0.4, 0.5) is 5.95 Å². The molecule has 4 N–H and O–H groups in total. The van der Waals surface area contributed by atoms with Crippen molar-refractivity contribution in [3.8, 4) is 17.1 Å². The molecule has 6 heteroatoms. The molecular formula is C15H21N5O. The van der Waals surface area contributed by atoms with Gasteiger partial charge in [0.1, 0.15) is 5.75 Å². The van der Waals surface area contributed by atoms with Crippen LogP contribution < -0.4 is 10.6 Å². The first-order chi connectivity index (χ1) is 10.1. The highest BCUT2D eigenvalue weighted by atomic mass is 16.3. The fraction of sp³-hybridized carbons (Fsp3) is 0.467. The maximum absolute atomic E-state index is 9.80. The first-order valence-corrected chi connectivity index (χ1v) is 7.31. The van der Waals surface area contributed by atoms with Gasteiger partial charge < -0.3 is 15.7 Å². The summed E-state index contributed by atoms with van der Waals surface area (Å²) >= 11 is 0. The van der Waals surface area contributed by atoms with Crippen LogP contribution in [0, 0.1) is 6.92 Å². The Bertz CT molecular complexity index is 639. The molecule has 2 aromatic rings. The molecule has 1 aliphatic heterocycles. The second-order valence-electron chi connectivity index (χ2n) is 5.67. The van der Waals surface area contributed by atoms with E-state index in [4.69, 9.17) is 5.73 Å². The number of aromatic amines is 1. The van der Waals surface area contributed by atoms with Crippen molar-refractivity contribution < 1.29 is 5.11 Å². The Morgan fingerprint density at radius 2 is 2.24 bits per heavy atom. The van der Waals surface area contributed by atoms with Crippen LogP contribution in [0.3, 0.4) is 0 Å². The molecule has 1 aromatic carbocycles. The number of benzene rings is 1. The Hall–Kier alpha value is -2.08. The molecule has 1 aromatic heterocycles. The Morgan fingerprint density at radius 1 is 1.43 bits per heavy atom. The van der Waals surface area contributed by atoms with Crippen LogP contribution in [0.25, 0.3) is 11.4 Å². The molecular weight excluding hydrogens is 266 g/mol. The van der Waals surface area contributed by atoms with Gasteiger partial charge in [0.15, 0.2) is 5.82 Å². The number of nitrogens with one attached hydrogen (secondary N) is 1. The summed E-state index contributed by atoms with van der Waals surface area (Å²) < 4.78 is 0. The van der Waals surface area contributed by atoms with Gasteiger partial charge in [0.05, 0.1) is 0 Å². The van der Waals surface area contributed by atoms with E-state index >= 15 is 0 Å². The van der Waals surface area contributed by atoms with Gasteiger partial charge in [-0.05, 0) is 32.8 Å². The molecule has 112 valence electrons. The zero-order chi connectivity index (χ0) is 15.0. The molecule has 0 saturated carbocycles. The number of phenolic OH excluding ortho intramolecular Hbond substituents is 1. The van der Waals surface area contributed by atoms with E-state index in [-0.39, 0.29) is 17.8 Å². The lowest BCUT2D eigenvalue weighted by Crippen LogP contribution is -2.50. The van der Waals surface area contributed by atoms with Crippen molar-refractivity contribution in [2.45, 2.75) is 38.8 Å². The molecule has 6 nitrogen and oxygen atoms in total. The smallest absolute Gasteiger partial charge is 0.245 e. The SMILES string of the molecule is Cc1c(O)cccc1-c1nc(N2CCCC(N)C2C)n[nH]1. The molecule has 0 amide bonds. The number of anilines is 1. The first-order valence-electron chi connectivity index (χ1n) is 7.31. The van der Waals surface area contributed by atoms with Gasteiger partial charge >= 0.3 is 0 Å². The highest BCUT2D eigenvalue weighted by molar-refractivity contribution is 5.64. The number of hydrogen-bond acceptors (Lipinski definition) is 5. The summed E-state index contributed by atoms with van der Waals surface area (Å²) in [7, 11) is 0. The van der Waals surface area contributed by atoms with Gasteiger partial charge in [0.25, 0.3) is 0 Å². The Balaban J connectivity index is 1.91. The Kier molecular flexibility index (Phi) is 3.55. The van der Waals surface area contributed by atoms with Crippen molar-refractivity contribution in [1.29, 1.82) is 0 Å². The third kappa shape index (κ3) is 2.47. The number of H-pyrrole nitrogens is 1. The maximum Gasteiger partial charge on any atom is 0.245 e. The van der Waals surface area contributed by atoms with Crippen LogP contribution in [0.5, 0.6) is 5.75 Å². The number of aromatic nitrogens is 3. The van der Waals surface area contributed by atoms with Gasteiger partial charge in [-0.2, -0.15) is 4.98 Å². The third-order valence-electron chi connectivity index (χ3n) is 4.34. The average molecular weight is 287 g/mol. The fourth-order valence-electron chi connectivity index (χ4n) is 2.84. The molecule has 21 heavy (non-hydrogen) atoms. The number of aromatic hydroxyl groups is 1. The monoisotopic (exact) mass is 287 g/mol. The van der Waals surface area contributed by atoms with Crippen molar-refractivity contribution in [3.63, 3.8) is 0 Å². The summed E-state index contributed by atoms with van der Waals surface area (Å²) in [6, 6.07) is 5.78. The molecule has 0 radical (unpaired) electrons. The second kappa shape index (κ2) is 5.37. The topological polar surface area (TPSA) is 91.1 Å². The zero-order valence-electron chi connectivity index (χ0n) is 12.4. The van der Waals surface area contributed by atoms with Crippen LogP contribution in [0.1, 0.15) is 25.3 Å². The Labute approximate surface area is 124 Å². The molecule has 0 spiro atoms. The summed E-state index contributed by atoms with van der Waals surface area (Å²) in [6.45, 7) is 4.90. The number of phenols is 1. The van der Waals surface area contributed by atoms with Crippen molar-refractivity contribution in [3.05, 3.63) is 23.8 Å². The number of piperidine rings is 1. The summed E-state index contributed by atoms with van der Waals surface area (Å²) in [4.78, 5) is 6.73. The number of nitrogens with zero attached hydrogens (tertiary/aromatic N) is 3. The average Bonchev–Trinajstić information content (AvgIpc) is 2.94. The van der Waals surface area contributed by atoms with Gasteiger partial charge in [-0.15, -0.1) is 5.10 Å². The molecule has 3 rings (SSSR count). The lowest BCUT2D eigenvalue weighted by atomic mass is 9.99. The van der Waals surface area contributed by atoms with Gasteiger partial charge in [-0.1, -0.05) is 12.1 Å². The van der Waals surface area contributed by atoms with Gasteiger partial charge in [0.2, 0.25) is 5.95 Å². The highest BCUT2D eigenvalue weighted by Crippen LogP contribution is 2.28. The number of rotatable bonds is 2. The van der Waals surface area contributed by atoms with Crippen LogP contribution in [0.2, 0.25) is 0 Å². The standard InChI is InChI=1S/C15H21N5O/c1-9-11(5-3-7-13(9)21)14-17-15(19-18-14)20-8-4-6-12(16)10(20)2/h3,5,7,10,12,21H,4,6,8,16H2,1-2H3,(H,17,18,19). The summed E-state index contributed by atoms with van der Waals surface area (Å²) in [6.07, 6.45) is 2.10. The van der Waals surface area contributed by atoms with E-state index < -0.39 is 0 Å². The van der Waals surface area contributed by atoms with E-state index in [1.54, 1.807) is 12.1 Å². The normalized spacial score (nSPS) is 22.5. The van der Waals surface area contributed by atoms with Crippen molar-refractivity contribution >= 4 is 5.95 Å². The molecule has 1 saturated heterocycles. The Morgan fingerprint density at radius 3 is 3.05 bits per heavy atom. The molecule has 2 atom stereocenters. The van der Waals surface area contributed by atoms with Crippen LogP contribution in [-0.2, 0) is 0 Å². The molecule has 1 fully saturated rings. The van der Waals surface area contributed by atoms with E-state index in [9.17, 15) is 5.11 Å². The summed E-state index contributed by atoms with van der Waals surface area (Å²) in [5.74, 6) is 1.61. The van der Waals surface area contributed by atoms with Crippen LogP contribution >= 0.6 is 0 Å². The van der Waals surface area contributed by atoms with Crippen LogP contribution in [-0.4, -0.2) is 38.9 Å². The fourth-order valence-corrected chi connectivity index (χ4v) is 2.84. The van der Waals surface area contributed by atoms with Crippen molar-refractivity contribution in [2.24, 2.45) is 5.73 Å². The van der Waals surface area contributed by atoms with E-state index in [0.29, 0.717) is 11.8 Å². The van der Waals surface area contributed by atoms with Crippen molar-refractivity contribution in [1.82, 2.24) is 15.2 Å². The third-order valence-corrected chi connectivity index (χ3v) is 4.34. The molecule has 1 aliphatic rings. The minimum absolute atomic E-state index is 0.156. The lowest BCUT2D eigenvalue weighted by molar-refractivity contribution is 0.416. The zero-order valence-corrected chi connectivity index (χ0v) is 12.4. The summed E-state index contributed by atoms with van der Waals surface area (Å²) in [5.41, 5.74) is 7.79. The minimum Gasteiger partial charge on any atom is -0.508 e. The van der Waals surface area contributed by atoms with Crippen molar-refractivity contribution in [2.75, 3.05) is 11.4 Å². The molecule has 0 bridgehead atoms. The van der Waals surface area contributed by atoms with E-state index in [0.717, 1.165) is 30.5 Å². The number of nitrogens with two attached hydrogens (primary N) is 1. The predicted octanol–water partition coefficient (Wildman–Crippen LogP) is 1.80. The van der Waals surface area contributed by atoms with Gasteiger partial charge in [0, 0.05) is 29.8 Å². The van der Waals surface area contributed by atoms with Crippen LogP contribution in [0.15, 0.2) is 18.2 Å². The van der Waals surface area contributed by atoms with Gasteiger partial charge in [-0.3, -0.25) is 5.10 Å². The van der Waals surface area contributed by atoms with E-state index in [1.807, 2.05) is 13.0 Å². The lowest BCUT2D eigenvalue weighted by Gasteiger charge is -2.36. The predicted molar refractivity (Wildman–Crippen MR) is 82.2 cm³/mol. The van der Waals surface area contributed by atoms with E-state index in [2.05, 4.69) is 27.0 Å². The molecule has 2 heterocycles. The maximum atomic E-state index is 9.80. The first kappa shape index (κ1) is 13.9. The number of hydrogen-bond donors (Lipinski definition) is 3. The van der Waals surface area contributed by atoms with Gasteiger partial charge in [-0.25, -0.2) is 0 Å². The highest BCUT2D eigenvalue weighted by Gasteiger charge is 2.28. The minimum atomic E-state index is 0.156. The van der Waals surface area contributed by atoms with E-state index in [1.165, 1.54) is 0 Å². The largest absolute Gasteiger partial charge is 0.508 e. The second-order valence-corrected chi connectivity index (χ2v) is 5.67.